The minimum atomic E-state index is -0.997. The zero-order chi connectivity index (χ0) is 24.5. The predicted octanol–water partition coefficient (Wildman–Crippen LogP) is 1.03. The predicted molar refractivity (Wildman–Crippen MR) is 122 cm³/mol. The highest BCUT2D eigenvalue weighted by molar-refractivity contribution is 6.09. The van der Waals surface area contributed by atoms with E-state index in [0.29, 0.717) is 22.4 Å². The Morgan fingerprint density at radius 2 is 1.81 bits per heavy atom. The van der Waals surface area contributed by atoms with Crippen LogP contribution in [0.4, 0.5) is 0 Å². The van der Waals surface area contributed by atoms with E-state index in [-0.39, 0.29) is 36.4 Å². The number of aliphatic hydroxyl groups excluding tert-OH is 2. The van der Waals surface area contributed by atoms with Gasteiger partial charge in [-0.1, -0.05) is 35.5 Å². The van der Waals surface area contributed by atoms with Crippen molar-refractivity contribution in [3.05, 3.63) is 58.9 Å². The minimum Gasteiger partial charge on any atom is -0.498 e. The molecule has 8 aliphatic rings. The van der Waals surface area contributed by atoms with Crippen molar-refractivity contribution in [2.24, 2.45) is 22.4 Å². The summed E-state index contributed by atoms with van der Waals surface area (Å²) in [6, 6.07) is 9.74. The minimum absolute atomic E-state index is 0.0745. The number of carbonyl (C=O) groups is 1. The molecule has 9 heteroatoms. The summed E-state index contributed by atoms with van der Waals surface area (Å²) < 4.78 is 24.2. The summed E-state index contributed by atoms with van der Waals surface area (Å²) in [5, 5.41) is 27.6. The van der Waals surface area contributed by atoms with Gasteiger partial charge in [0.05, 0.1) is 36.1 Å². The van der Waals surface area contributed by atoms with Crippen LogP contribution in [-0.2, 0) is 35.2 Å². The molecule has 2 bridgehead atoms. The molecule has 0 amide bonds. The smallest absolute Gasteiger partial charge is 0.190 e. The Morgan fingerprint density at radius 3 is 2.61 bits per heavy atom. The van der Waals surface area contributed by atoms with Crippen molar-refractivity contribution in [1.82, 2.24) is 0 Å². The van der Waals surface area contributed by atoms with Crippen LogP contribution in [0, 0.1) is 17.3 Å². The lowest BCUT2D eigenvalue weighted by molar-refractivity contribution is -0.233. The molecule has 4 fully saturated rings. The molecule has 1 aromatic rings. The molecule has 2 N–H and O–H groups in total. The van der Waals surface area contributed by atoms with Gasteiger partial charge < -0.3 is 34.0 Å². The third-order valence-corrected chi connectivity index (χ3v) is 9.32. The Kier molecular flexibility index (Phi) is 4.21. The fourth-order valence-corrected chi connectivity index (χ4v) is 7.80. The van der Waals surface area contributed by atoms with Gasteiger partial charge >= 0.3 is 0 Å². The van der Waals surface area contributed by atoms with Gasteiger partial charge in [-0.2, -0.15) is 0 Å². The van der Waals surface area contributed by atoms with Gasteiger partial charge in [0.1, 0.15) is 42.8 Å². The van der Waals surface area contributed by atoms with Crippen LogP contribution in [-0.4, -0.2) is 76.6 Å². The average Bonchev–Trinajstić information content (AvgIpc) is 3.79. The first-order valence-corrected chi connectivity index (χ1v) is 12.7. The standard InChI is InChI=1S/C27H27NO8/c1-10-14-15-16(20(30)23-22(36-23)19(15)29)26(34-10)27-13(9-32-11(2)17(14)27)18(21-24(35-21)25(27)31)28-33-8-12-6-4-3-5-7-12/h3-7,9-11,14,17,20-26,30-31H,8H2,1-2H3/b28-18+/t10-,11+,14-,17-,20-,21+,22-,23+,24+,25?,26+,27?/m0/s1. The Balaban J connectivity index is 1.26. The molecule has 3 saturated heterocycles. The molecule has 12 atom stereocenters. The molecule has 5 aliphatic heterocycles. The first-order chi connectivity index (χ1) is 17.4. The van der Waals surface area contributed by atoms with Crippen molar-refractivity contribution < 1.29 is 38.8 Å². The Morgan fingerprint density at radius 1 is 1.03 bits per heavy atom. The summed E-state index contributed by atoms with van der Waals surface area (Å²) in [6.07, 6.45) is -3.60. The highest BCUT2D eigenvalue weighted by Crippen LogP contribution is 2.68. The van der Waals surface area contributed by atoms with Gasteiger partial charge in [-0.3, -0.25) is 4.79 Å². The Labute approximate surface area is 207 Å². The van der Waals surface area contributed by atoms with E-state index in [9.17, 15) is 15.0 Å². The molecule has 2 unspecified atom stereocenters. The number of fused-ring (bicyclic) bond motifs is 3. The van der Waals surface area contributed by atoms with Crippen molar-refractivity contribution >= 4 is 11.5 Å². The fraction of sp³-hybridized carbons (Fsp3) is 0.556. The highest BCUT2D eigenvalue weighted by Gasteiger charge is 2.78. The van der Waals surface area contributed by atoms with E-state index >= 15 is 0 Å². The number of Topliss-reactive ketones (excluding diaryl/α,β-unsaturated/α-hetero) is 1. The van der Waals surface area contributed by atoms with Crippen molar-refractivity contribution in [2.75, 3.05) is 0 Å². The topological polar surface area (TPSA) is 123 Å². The summed E-state index contributed by atoms with van der Waals surface area (Å²) >= 11 is 0. The fourth-order valence-electron chi connectivity index (χ4n) is 7.80. The SMILES string of the molecule is C[C@@H]1O[C@@H]2C3=C(C(=O)[C@@H]4O[C@@H]4[C@H]3O)[C@H]1[C@@H]1[C@@H](C)OC=C3/C(=N\OCc4ccccc4)[C@H]4O[C@H]4C(O)C312. The Hall–Kier alpha value is -2.56. The third-order valence-electron chi connectivity index (χ3n) is 9.32. The maximum Gasteiger partial charge on any atom is 0.190 e. The van der Waals surface area contributed by atoms with E-state index in [1.807, 2.05) is 44.2 Å². The number of ketones is 1. The van der Waals surface area contributed by atoms with E-state index in [0.717, 1.165) is 5.56 Å². The van der Waals surface area contributed by atoms with E-state index in [4.69, 9.17) is 23.8 Å². The van der Waals surface area contributed by atoms with Crippen LogP contribution < -0.4 is 0 Å². The lowest BCUT2D eigenvalue weighted by atomic mass is 9.45. The first-order valence-electron chi connectivity index (χ1n) is 12.7. The molecule has 9 nitrogen and oxygen atoms in total. The second-order valence-corrected chi connectivity index (χ2v) is 11.0. The number of hydrogen-bond donors (Lipinski definition) is 2. The summed E-state index contributed by atoms with van der Waals surface area (Å²) in [5.41, 5.74) is 2.36. The van der Waals surface area contributed by atoms with Crippen LogP contribution in [0.1, 0.15) is 19.4 Å². The van der Waals surface area contributed by atoms with Crippen molar-refractivity contribution in [3.8, 4) is 0 Å². The summed E-state index contributed by atoms with van der Waals surface area (Å²) in [6.45, 7) is 4.19. The molecule has 9 rings (SSSR count). The highest BCUT2D eigenvalue weighted by atomic mass is 16.6. The van der Waals surface area contributed by atoms with Gasteiger partial charge in [-0.25, -0.2) is 0 Å². The molecule has 36 heavy (non-hydrogen) atoms. The summed E-state index contributed by atoms with van der Waals surface area (Å²) in [7, 11) is 0. The molecule has 1 spiro atoms. The molecule has 0 radical (unpaired) electrons. The van der Waals surface area contributed by atoms with Crippen LogP contribution in [0.25, 0.3) is 0 Å². The molecule has 3 aliphatic carbocycles. The van der Waals surface area contributed by atoms with Crippen LogP contribution >= 0.6 is 0 Å². The van der Waals surface area contributed by atoms with E-state index in [1.165, 1.54) is 0 Å². The van der Waals surface area contributed by atoms with E-state index in [1.54, 1.807) is 6.26 Å². The van der Waals surface area contributed by atoms with Crippen LogP contribution in [0.3, 0.4) is 0 Å². The summed E-state index contributed by atoms with van der Waals surface area (Å²) in [5.74, 6) is -0.724. The van der Waals surface area contributed by atoms with Crippen LogP contribution in [0.2, 0.25) is 0 Å². The largest absolute Gasteiger partial charge is 0.498 e. The zero-order valence-corrected chi connectivity index (χ0v) is 19.8. The quantitative estimate of drug-likeness (QED) is 0.473. The molecular weight excluding hydrogens is 466 g/mol. The second kappa shape index (κ2) is 7.05. The second-order valence-electron chi connectivity index (χ2n) is 11.0. The molecule has 188 valence electrons. The Bertz CT molecular complexity index is 1260. The number of carbonyl (C=O) groups excluding carboxylic acids is 1. The van der Waals surface area contributed by atoms with Crippen LogP contribution in [0.5, 0.6) is 0 Å². The number of epoxide rings is 2. The van der Waals surface area contributed by atoms with E-state index < -0.39 is 48.1 Å². The van der Waals surface area contributed by atoms with Crippen LogP contribution in [0.15, 0.2) is 58.5 Å². The number of benzene rings is 1. The maximum absolute atomic E-state index is 13.4. The third kappa shape index (κ3) is 2.48. The number of hydrogen-bond acceptors (Lipinski definition) is 9. The molecule has 1 saturated carbocycles. The molecule has 1 aromatic carbocycles. The lowest BCUT2D eigenvalue weighted by Crippen LogP contribution is -2.73. The van der Waals surface area contributed by atoms with Crippen molar-refractivity contribution in [1.29, 1.82) is 0 Å². The van der Waals surface area contributed by atoms with Gasteiger partial charge in [0.15, 0.2) is 5.78 Å². The molecule has 5 heterocycles. The number of ether oxygens (including phenoxy) is 4. The molecular formula is C27H27NO8. The molecule has 0 aromatic heterocycles. The number of nitrogens with zero attached hydrogens (tertiary/aromatic N) is 1. The van der Waals surface area contributed by atoms with Crippen molar-refractivity contribution in [2.45, 2.75) is 75.4 Å². The van der Waals surface area contributed by atoms with Gasteiger partial charge in [0, 0.05) is 23.0 Å². The monoisotopic (exact) mass is 493 g/mol. The normalized spacial score (nSPS) is 50.2. The maximum atomic E-state index is 13.4. The van der Waals surface area contributed by atoms with Gasteiger partial charge in [0.2, 0.25) is 0 Å². The number of rotatable bonds is 3. The van der Waals surface area contributed by atoms with Gasteiger partial charge in [-0.15, -0.1) is 0 Å². The lowest BCUT2D eigenvalue weighted by Gasteiger charge is -2.65. The van der Waals surface area contributed by atoms with Gasteiger partial charge in [-0.05, 0) is 25.0 Å². The number of aliphatic hydroxyl groups is 2. The van der Waals surface area contributed by atoms with Crippen molar-refractivity contribution in [3.63, 3.8) is 0 Å². The average molecular weight is 494 g/mol. The number of oxime groups is 1. The zero-order valence-electron chi connectivity index (χ0n) is 19.8. The summed E-state index contributed by atoms with van der Waals surface area (Å²) in [4.78, 5) is 19.1. The first kappa shape index (κ1) is 21.5. The van der Waals surface area contributed by atoms with E-state index in [2.05, 4.69) is 5.16 Å². The van der Waals surface area contributed by atoms with Gasteiger partial charge in [0.25, 0.3) is 0 Å².